The molecule has 2 aliphatic heterocycles. The highest BCUT2D eigenvalue weighted by Crippen LogP contribution is 2.27. The molecule has 2 aliphatic rings. The van der Waals surface area contributed by atoms with E-state index >= 15 is 0 Å². The third-order valence-electron chi connectivity index (χ3n) is 6.84. The SMILES string of the molecule is O=C(c1ccc(N(Cc2ccccc2)S(=O)(=O)c2ccccc2)cc1)N1CCN(N2CCCC2=O)CC1. The Balaban J connectivity index is 1.33. The zero-order valence-electron chi connectivity index (χ0n) is 20.6. The highest BCUT2D eigenvalue weighted by molar-refractivity contribution is 7.92. The van der Waals surface area contributed by atoms with Crippen molar-refractivity contribution in [2.24, 2.45) is 0 Å². The second-order valence-corrected chi connectivity index (χ2v) is 11.1. The number of sulfonamides is 1. The van der Waals surface area contributed by atoms with Crippen LogP contribution in [0.4, 0.5) is 5.69 Å². The van der Waals surface area contributed by atoms with Crippen molar-refractivity contribution in [2.45, 2.75) is 24.3 Å². The maximum atomic E-state index is 13.6. The van der Waals surface area contributed by atoms with Gasteiger partial charge in [-0.15, -0.1) is 0 Å². The van der Waals surface area contributed by atoms with E-state index in [1.165, 1.54) is 4.31 Å². The van der Waals surface area contributed by atoms with Gasteiger partial charge in [0.2, 0.25) is 5.91 Å². The number of carbonyl (C=O) groups is 2. The molecular weight excluding hydrogens is 488 g/mol. The number of hydrazine groups is 1. The van der Waals surface area contributed by atoms with Crippen molar-refractivity contribution in [3.63, 3.8) is 0 Å². The fourth-order valence-electron chi connectivity index (χ4n) is 4.81. The van der Waals surface area contributed by atoms with Crippen molar-refractivity contribution in [3.8, 4) is 0 Å². The van der Waals surface area contributed by atoms with Gasteiger partial charge in [0.25, 0.3) is 15.9 Å². The molecule has 0 bridgehead atoms. The molecule has 0 aromatic heterocycles. The number of amides is 2. The van der Waals surface area contributed by atoms with Crippen LogP contribution in [0.25, 0.3) is 0 Å². The summed E-state index contributed by atoms with van der Waals surface area (Å²) in [6, 6.07) is 24.5. The summed E-state index contributed by atoms with van der Waals surface area (Å²) in [7, 11) is -3.82. The predicted octanol–water partition coefficient (Wildman–Crippen LogP) is 3.38. The summed E-state index contributed by atoms with van der Waals surface area (Å²) < 4.78 is 28.5. The van der Waals surface area contributed by atoms with Crippen LogP contribution >= 0.6 is 0 Å². The van der Waals surface area contributed by atoms with Gasteiger partial charge in [0.1, 0.15) is 0 Å². The van der Waals surface area contributed by atoms with Crippen LogP contribution in [0, 0.1) is 0 Å². The van der Waals surface area contributed by atoms with E-state index in [0.717, 1.165) is 18.5 Å². The lowest BCUT2D eigenvalue weighted by Gasteiger charge is -2.39. The third kappa shape index (κ3) is 5.38. The van der Waals surface area contributed by atoms with Crippen molar-refractivity contribution in [1.29, 1.82) is 0 Å². The van der Waals surface area contributed by atoms with Crippen molar-refractivity contribution in [2.75, 3.05) is 37.0 Å². The van der Waals surface area contributed by atoms with Crippen molar-refractivity contribution in [1.82, 2.24) is 14.9 Å². The lowest BCUT2D eigenvalue weighted by Crippen LogP contribution is -2.55. The molecule has 0 atom stereocenters. The molecule has 0 radical (unpaired) electrons. The molecule has 3 aromatic rings. The van der Waals surface area contributed by atoms with Gasteiger partial charge in [-0.2, -0.15) is 0 Å². The van der Waals surface area contributed by atoms with Crippen molar-refractivity contribution < 1.29 is 18.0 Å². The first-order valence-corrected chi connectivity index (χ1v) is 13.9. The zero-order valence-corrected chi connectivity index (χ0v) is 21.4. The van der Waals surface area contributed by atoms with Gasteiger partial charge < -0.3 is 4.90 Å². The summed E-state index contributed by atoms with van der Waals surface area (Å²) in [6.45, 7) is 3.23. The molecule has 3 aromatic carbocycles. The van der Waals surface area contributed by atoms with Gasteiger partial charge in [-0.05, 0) is 48.4 Å². The molecule has 0 saturated carbocycles. The van der Waals surface area contributed by atoms with Crippen LogP contribution in [0.3, 0.4) is 0 Å². The largest absolute Gasteiger partial charge is 0.336 e. The van der Waals surface area contributed by atoms with Crippen LogP contribution in [0.5, 0.6) is 0 Å². The second kappa shape index (κ2) is 10.7. The first kappa shape index (κ1) is 25.0. The number of anilines is 1. The number of carbonyl (C=O) groups excluding carboxylic acids is 2. The maximum absolute atomic E-state index is 13.6. The van der Waals surface area contributed by atoms with Crippen molar-refractivity contribution >= 4 is 27.5 Å². The molecule has 9 heteroatoms. The van der Waals surface area contributed by atoms with Crippen LogP contribution in [-0.2, 0) is 21.4 Å². The highest BCUT2D eigenvalue weighted by Gasteiger charge is 2.31. The molecule has 5 rings (SSSR count). The lowest BCUT2D eigenvalue weighted by atomic mass is 10.1. The molecule has 0 unspecified atom stereocenters. The van der Waals surface area contributed by atoms with Gasteiger partial charge in [0.15, 0.2) is 0 Å². The minimum atomic E-state index is -3.82. The summed E-state index contributed by atoms with van der Waals surface area (Å²) in [6.07, 6.45) is 1.47. The van der Waals surface area contributed by atoms with E-state index in [0.29, 0.717) is 43.9 Å². The Morgan fingerprint density at radius 2 is 1.41 bits per heavy atom. The second-order valence-electron chi connectivity index (χ2n) is 9.22. The third-order valence-corrected chi connectivity index (χ3v) is 8.62. The average Bonchev–Trinajstić information content (AvgIpc) is 3.38. The first-order valence-electron chi connectivity index (χ1n) is 12.5. The summed E-state index contributed by atoms with van der Waals surface area (Å²) in [5.41, 5.74) is 1.85. The first-order chi connectivity index (χ1) is 17.9. The summed E-state index contributed by atoms with van der Waals surface area (Å²) in [5.74, 6) is 0.0559. The lowest BCUT2D eigenvalue weighted by molar-refractivity contribution is -0.145. The summed E-state index contributed by atoms with van der Waals surface area (Å²) in [5, 5.41) is 3.85. The molecular formula is C28H30N4O4S. The highest BCUT2D eigenvalue weighted by atomic mass is 32.2. The van der Waals surface area contributed by atoms with Crippen LogP contribution in [-0.4, -0.2) is 67.9 Å². The Bertz CT molecular complexity index is 1340. The van der Waals surface area contributed by atoms with Gasteiger partial charge in [-0.25, -0.2) is 13.4 Å². The van der Waals surface area contributed by atoms with Gasteiger partial charge in [0.05, 0.1) is 17.1 Å². The van der Waals surface area contributed by atoms with E-state index < -0.39 is 10.0 Å². The average molecular weight is 519 g/mol. The molecule has 0 aliphatic carbocycles. The molecule has 37 heavy (non-hydrogen) atoms. The molecule has 0 N–H and O–H groups in total. The topological polar surface area (TPSA) is 81.2 Å². The molecule has 8 nitrogen and oxygen atoms in total. The number of hydrogen-bond donors (Lipinski definition) is 0. The maximum Gasteiger partial charge on any atom is 0.264 e. The Kier molecular flexibility index (Phi) is 7.25. The van der Waals surface area contributed by atoms with E-state index in [9.17, 15) is 18.0 Å². The van der Waals surface area contributed by atoms with E-state index in [2.05, 4.69) is 0 Å². The molecule has 0 spiro atoms. The van der Waals surface area contributed by atoms with Gasteiger partial charge >= 0.3 is 0 Å². The minimum Gasteiger partial charge on any atom is -0.336 e. The van der Waals surface area contributed by atoms with Crippen LogP contribution in [0.2, 0.25) is 0 Å². The monoisotopic (exact) mass is 518 g/mol. The number of nitrogens with zero attached hydrogens (tertiary/aromatic N) is 4. The number of rotatable bonds is 7. The Morgan fingerprint density at radius 3 is 2.00 bits per heavy atom. The van der Waals surface area contributed by atoms with Crippen LogP contribution < -0.4 is 4.31 Å². The van der Waals surface area contributed by atoms with E-state index in [4.69, 9.17) is 0 Å². The quantitative estimate of drug-likeness (QED) is 0.479. The fraction of sp³-hybridized carbons (Fsp3) is 0.286. The van der Waals surface area contributed by atoms with E-state index in [1.54, 1.807) is 59.5 Å². The zero-order chi connectivity index (χ0) is 25.8. The fourth-order valence-corrected chi connectivity index (χ4v) is 6.28. The standard InChI is InChI=1S/C28H30N4O4S/c33-27-12-7-17-31(27)30-20-18-29(19-21-30)28(34)24-13-15-25(16-14-24)32(22-23-8-3-1-4-9-23)37(35,36)26-10-5-2-6-11-26/h1-6,8-11,13-16H,7,12,17-22H2. The smallest absolute Gasteiger partial charge is 0.264 e. The van der Waals surface area contributed by atoms with Crippen molar-refractivity contribution in [3.05, 3.63) is 96.1 Å². The molecule has 2 saturated heterocycles. The Hall–Kier alpha value is -3.69. The van der Waals surface area contributed by atoms with E-state index in [1.807, 2.05) is 40.3 Å². The Morgan fingerprint density at radius 1 is 0.784 bits per heavy atom. The summed E-state index contributed by atoms with van der Waals surface area (Å²) >= 11 is 0. The van der Waals surface area contributed by atoms with Gasteiger partial charge in [-0.1, -0.05) is 48.5 Å². The van der Waals surface area contributed by atoms with Gasteiger partial charge in [0, 0.05) is 44.7 Å². The Labute approximate surface area is 217 Å². The van der Waals surface area contributed by atoms with Gasteiger partial charge in [-0.3, -0.25) is 18.9 Å². The normalized spacial score (nSPS) is 16.7. The summed E-state index contributed by atoms with van der Waals surface area (Å²) in [4.78, 5) is 27.2. The van der Waals surface area contributed by atoms with Crippen LogP contribution in [0.15, 0.2) is 89.8 Å². The predicted molar refractivity (Wildman–Crippen MR) is 141 cm³/mol. The number of piperazine rings is 1. The van der Waals surface area contributed by atoms with E-state index in [-0.39, 0.29) is 23.3 Å². The van der Waals surface area contributed by atoms with Crippen LogP contribution in [0.1, 0.15) is 28.8 Å². The molecule has 2 fully saturated rings. The molecule has 192 valence electrons. The molecule has 2 amide bonds. The minimum absolute atomic E-state index is 0.0977. The number of hydrogen-bond acceptors (Lipinski definition) is 5. The molecule has 2 heterocycles. The number of benzene rings is 3.